The number of carbonyl (C=O) groups excluding carboxylic acids is 1. The fraction of sp³-hybridized carbons (Fsp3) is 0.647. The summed E-state index contributed by atoms with van der Waals surface area (Å²) in [5.74, 6) is 0. The van der Waals surface area contributed by atoms with Crippen LogP contribution in [0.5, 0.6) is 0 Å². The lowest BCUT2D eigenvalue weighted by atomic mass is 10.2. The molecule has 0 aromatic carbocycles. The molecule has 0 N–H and O–H groups in total. The van der Waals surface area contributed by atoms with Crippen molar-refractivity contribution in [2.75, 3.05) is 32.7 Å². The van der Waals surface area contributed by atoms with Crippen molar-refractivity contribution in [3.8, 4) is 0 Å². The van der Waals surface area contributed by atoms with E-state index in [0.29, 0.717) is 0 Å². The van der Waals surface area contributed by atoms with Crippen LogP contribution in [-0.4, -0.2) is 59.2 Å². The molecule has 1 aromatic rings. The molecular weight excluding hydrogens is 278 g/mol. The molecule has 0 atom stereocenters. The van der Waals surface area contributed by atoms with Crippen molar-refractivity contribution in [3.05, 3.63) is 30.1 Å². The van der Waals surface area contributed by atoms with Gasteiger partial charge in [0.05, 0.1) is 0 Å². The summed E-state index contributed by atoms with van der Waals surface area (Å²) >= 11 is 0. The fourth-order valence-electron chi connectivity index (χ4n) is 2.51. The summed E-state index contributed by atoms with van der Waals surface area (Å²) in [4.78, 5) is 20.6. The highest BCUT2D eigenvalue weighted by Gasteiger charge is 2.25. The van der Waals surface area contributed by atoms with E-state index in [0.717, 1.165) is 51.3 Å². The number of hydrogen-bond acceptors (Lipinski definition) is 4. The van der Waals surface area contributed by atoms with Gasteiger partial charge in [-0.3, -0.25) is 9.88 Å². The summed E-state index contributed by atoms with van der Waals surface area (Å²) in [5, 5.41) is 0. The molecule has 5 heteroatoms. The molecule has 22 heavy (non-hydrogen) atoms. The summed E-state index contributed by atoms with van der Waals surface area (Å²) in [6.07, 6.45) is 3.76. The number of aryl methyl sites for hydroxylation is 1. The van der Waals surface area contributed by atoms with E-state index in [9.17, 15) is 4.79 Å². The van der Waals surface area contributed by atoms with Crippen molar-refractivity contribution in [2.24, 2.45) is 0 Å². The first-order valence-electron chi connectivity index (χ1n) is 8.04. The Balaban J connectivity index is 1.66. The first-order valence-corrected chi connectivity index (χ1v) is 8.04. The van der Waals surface area contributed by atoms with E-state index in [1.807, 2.05) is 39.1 Å². The van der Waals surface area contributed by atoms with Gasteiger partial charge in [-0.1, -0.05) is 6.07 Å². The highest BCUT2D eigenvalue weighted by atomic mass is 16.6. The van der Waals surface area contributed by atoms with Crippen molar-refractivity contribution in [2.45, 2.75) is 39.2 Å². The molecule has 1 fully saturated rings. The molecule has 0 saturated carbocycles. The quantitative estimate of drug-likeness (QED) is 0.857. The summed E-state index contributed by atoms with van der Waals surface area (Å²) < 4.78 is 5.41. The Bertz CT molecular complexity index is 463. The molecule has 122 valence electrons. The number of ether oxygens (including phenoxy) is 1. The average Bonchev–Trinajstić information content (AvgIpc) is 2.47. The molecule has 1 aromatic heterocycles. The largest absolute Gasteiger partial charge is 0.444 e. The number of aromatic nitrogens is 1. The van der Waals surface area contributed by atoms with E-state index < -0.39 is 5.60 Å². The van der Waals surface area contributed by atoms with Crippen LogP contribution in [-0.2, 0) is 11.2 Å². The van der Waals surface area contributed by atoms with Crippen LogP contribution in [0.2, 0.25) is 0 Å². The first kappa shape index (κ1) is 16.7. The SMILES string of the molecule is CC(C)(C)OC(=O)N1CCN(CCCc2ccccn2)CC1. The topological polar surface area (TPSA) is 45.7 Å². The molecule has 1 aliphatic heterocycles. The van der Waals surface area contributed by atoms with E-state index in [-0.39, 0.29) is 6.09 Å². The van der Waals surface area contributed by atoms with Crippen molar-refractivity contribution >= 4 is 6.09 Å². The van der Waals surface area contributed by atoms with Crippen LogP contribution in [0.15, 0.2) is 24.4 Å². The molecule has 2 rings (SSSR count). The summed E-state index contributed by atoms with van der Waals surface area (Å²) in [7, 11) is 0. The van der Waals surface area contributed by atoms with Gasteiger partial charge in [-0.05, 0) is 52.3 Å². The predicted octanol–water partition coefficient (Wildman–Crippen LogP) is 2.57. The normalized spacial score (nSPS) is 16.6. The summed E-state index contributed by atoms with van der Waals surface area (Å²) in [6.45, 7) is 10.1. The number of amides is 1. The minimum absolute atomic E-state index is 0.194. The lowest BCUT2D eigenvalue weighted by Gasteiger charge is -2.35. The number of pyridine rings is 1. The Morgan fingerprint density at radius 2 is 1.95 bits per heavy atom. The van der Waals surface area contributed by atoms with Gasteiger partial charge in [-0.2, -0.15) is 0 Å². The molecule has 0 unspecified atom stereocenters. The second-order valence-corrected chi connectivity index (χ2v) is 6.73. The molecular formula is C17H27N3O2. The van der Waals surface area contributed by atoms with Crippen molar-refractivity contribution < 1.29 is 9.53 Å². The first-order chi connectivity index (χ1) is 10.4. The van der Waals surface area contributed by atoms with Crippen LogP contribution < -0.4 is 0 Å². The van der Waals surface area contributed by atoms with E-state index >= 15 is 0 Å². The number of carbonyl (C=O) groups is 1. The molecule has 2 heterocycles. The zero-order valence-electron chi connectivity index (χ0n) is 13.9. The predicted molar refractivity (Wildman–Crippen MR) is 86.8 cm³/mol. The molecule has 0 aliphatic carbocycles. The van der Waals surface area contributed by atoms with Gasteiger partial charge < -0.3 is 9.64 Å². The maximum atomic E-state index is 12.0. The molecule has 5 nitrogen and oxygen atoms in total. The molecule has 0 radical (unpaired) electrons. The van der Waals surface area contributed by atoms with Crippen LogP contribution in [0.1, 0.15) is 32.9 Å². The standard InChI is InChI=1S/C17H27N3O2/c1-17(2,3)22-16(21)20-13-11-19(12-14-20)10-6-8-15-7-4-5-9-18-15/h4-5,7,9H,6,8,10-14H2,1-3H3. The maximum Gasteiger partial charge on any atom is 0.410 e. The summed E-state index contributed by atoms with van der Waals surface area (Å²) in [5.41, 5.74) is 0.728. The maximum absolute atomic E-state index is 12.0. The number of rotatable bonds is 4. The monoisotopic (exact) mass is 305 g/mol. The average molecular weight is 305 g/mol. The minimum atomic E-state index is -0.420. The number of nitrogens with zero attached hydrogens (tertiary/aromatic N) is 3. The zero-order valence-corrected chi connectivity index (χ0v) is 13.9. The fourth-order valence-corrected chi connectivity index (χ4v) is 2.51. The highest BCUT2D eigenvalue weighted by molar-refractivity contribution is 5.68. The van der Waals surface area contributed by atoms with Crippen LogP contribution >= 0.6 is 0 Å². The van der Waals surface area contributed by atoms with Gasteiger partial charge in [0.1, 0.15) is 5.60 Å². The molecule has 0 spiro atoms. The Morgan fingerprint density at radius 1 is 1.23 bits per heavy atom. The molecule has 1 aliphatic rings. The second-order valence-electron chi connectivity index (χ2n) is 6.73. The zero-order chi connectivity index (χ0) is 16.0. The van der Waals surface area contributed by atoms with E-state index in [1.54, 1.807) is 4.90 Å². The molecule has 0 bridgehead atoms. The number of piperazine rings is 1. The van der Waals surface area contributed by atoms with Crippen LogP contribution in [0.4, 0.5) is 4.79 Å². The number of hydrogen-bond donors (Lipinski definition) is 0. The van der Waals surface area contributed by atoms with Crippen molar-refractivity contribution in [3.63, 3.8) is 0 Å². The van der Waals surface area contributed by atoms with E-state index in [4.69, 9.17) is 4.74 Å². The second kappa shape index (κ2) is 7.58. The third-order valence-electron chi connectivity index (χ3n) is 3.66. The van der Waals surface area contributed by atoms with Crippen LogP contribution in [0.25, 0.3) is 0 Å². The van der Waals surface area contributed by atoms with E-state index in [1.165, 1.54) is 0 Å². The Kier molecular flexibility index (Phi) is 5.77. The summed E-state index contributed by atoms with van der Waals surface area (Å²) in [6, 6.07) is 6.04. The highest BCUT2D eigenvalue weighted by Crippen LogP contribution is 2.12. The Morgan fingerprint density at radius 3 is 2.55 bits per heavy atom. The van der Waals surface area contributed by atoms with Gasteiger partial charge in [-0.25, -0.2) is 4.79 Å². The van der Waals surface area contributed by atoms with Gasteiger partial charge in [-0.15, -0.1) is 0 Å². The minimum Gasteiger partial charge on any atom is -0.444 e. The third kappa shape index (κ3) is 5.64. The Hall–Kier alpha value is -1.62. The molecule has 1 saturated heterocycles. The van der Waals surface area contributed by atoms with Crippen LogP contribution in [0.3, 0.4) is 0 Å². The van der Waals surface area contributed by atoms with Crippen molar-refractivity contribution in [1.82, 2.24) is 14.8 Å². The van der Waals surface area contributed by atoms with Crippen molar-refractivity contribution in [1.29, 1.82) is 0 Å². The Labute approximate surface area is 133 Å². The van der Waals surface area contributed by atoms with Gasteiger partial charge >= 0.3 is 6.09 Å². The third-order valence-corrected chi connectivity index (χ3v) is 3.66. The smallest absolute Gasteiger partial charge is 0.410 e. The van der Waals surface area contributed by atoms with Gasteiger partial charge in [0.25, 0.3) is 0 Å². The van der Waals surface area contributed by atoms with Crippen LogP contribution in [0, 0.1) is 0 Å². The van der Waals surface area contributed by atoms with Gasteiger partial charge in [0.15, 0.2) is 0 Å². The molecule has 1 amide bonds. The van der Waals surface area contributed by atoms with E-state index in [2.05, 4.69) is 16.0 Å². The van der Waals surface area contributed by atoms with Gasteiger partial charge in [0.2, 0.25) is 0 Å². The lowest BCUT2D eigenvalue weighted by molar-refractivity contribution is 0.0144. The van der Waals surface area contributed by atoms with Gasteiger partial charge in [0, 0.05) is 38.1 Å². The lowest BCUT2D eigenvalue weighted by Crippen LogP contribution is -2.50.